The van der Waals surface area contributed by atoms with E-state index in [0.29, 0.717) is 38.2 Å². The summed E-state index contributed by atoms with van der Waals surface area (Å²) >= 11 is 0. The number of anilines is 1. The maximum absolute atomic E-state index is 14.6. The zero-order valence-electron chi connectivity index (χ0n) is 25.2. The highest BCUT2D eigenvalue weighted by Gasteiger charge is 2.49. The van der Waals surface area contributed by atoms with E-state index in [4.69, 9.17) is 15.2 Å². The molecule has 13 heteroatoms. The van der Waals surface area contributed by atoms with Crippen LogP contribution in [0.3, 0.4) is 0 Å². The maximum atomic E-state index is 14.6. The number of rotatable bonds is 7. The molecule has 1 aromatic carbocycles. The molecule has 44 heavy (non-hydrogen) atoms. The summed E-state index contributed by atoms with van der Waals surface area (Å²) in [5, 5.41) is 3.36. The quantitative estimate of drug-likeness (QED) is 0.408. The summed E-state index contributed by atoms with van der Waals surface area (Å²) < 4.78 is 55.2. The topological polar surface area (TPSA) is 133 Å². The first-order valence-electron chi connectivity index (χ1n) is 14.8. The fourth-order valence-corrected chi connectivity index (χ4v) is 7.09. The van der Waals surface area contributed by atoms with Crippen molar-refractivity contribution in [2.45, 2.75) is 65.6 Å². The van der Waals surface area contributed by atoms with E-state index in [2.05, 4.69) is 5.32 Å². The molecule has 238 valence electrons. The normalized spacial score (nSPS) is 22.4. The van der Waals surface area contributed by atoms with Gasteiger partial charge in [-0.15, -0.1) is 0 Å². The number of carbonyl (C=O) groups is 4. The molecular formula is C31H37F3N4O6. The summed E-state index contributed by atoms with van der Waals surface area (Å²) in [6.07, 6.45) is -3.99. The van der Waals surface area contributed by atoms with Gasteiger partial charge in [-0.25, -0.2) is 9.59 Å². The zero-order chi connectivity index (χ0) is 32.1. The summed E-state index contributed by atoms with van der Waals surface area (Å²) in [5.41, 5.74) is 3.06. The first-order valence-corrected chi connectivity index (χ1v) is 14.8. The number of amides is 2. The minimum Gasteiger partial charge on any atom is -0.461 e. The van der Waals surface area contributed by atoms with Gasteiger partial charge in [-0.05, 0) is 68.6 Å². The predicted octanol–water partition coefficient (Wildman–Crippen LogP) is 5.21. The number of halogens is 3. The molecule has 5 rings (SSSR count). The van der Waals surface area contributed by atoms with Crippen molar-refractivity contribution >= 4 is 29.4 Å². The van der Waals surface area contributed by atoms with Gasteiger partial charge in [0.1, 0.15) is 5.69 Å². The van der Waals surface area contributed by atoms with Gasteiger partial charge in [-0.3, -0.25) is 9.59 Å². The molecular weight excluding hydrogens is 581 g/mol. The lowest BCUT2D eigenvalue weighted by Crippen LogP contribution is -2.31. The van der Waals surface area contributed by atoms with Gasteiger partial charge in [0.15, 0.2) is 5.78 Å². The molecule has 3 atom stereocenters. The van der Waals surface area contributed by atoms with Crippen LogP contribution in [0.15, 0.2) is 18.2 Å². The van der Waals surface area contributed by atoms with E-state index >= 15 is 0 Å². The van der Waals surface area contributed by atoms with Crippen LogP contribution in [-0.4, -0.2) is 65.6 Å². The number of benzene rings is 1. The van der Waals surface area contributed by atoms with Crippen molar-refractivity contribution in [3.8, 4) is 5.69 Å². The van der Waals surface area contributed by atoms with E-state index in [0.717, 1.165) is 4.57 Å². The van der Waals surface area contributed by atoms with E-state index < -0.39 is 46.1 Å². The number of esters is 1. The number of primary amides is 1. The third kappa shape index (κ3) is 5.75. The predicted molar refractivity (Wildman–Crippen MR) is 154 cm³/mol. The molecule has 2 fully saturated rings. The van der Waals surface area contributed by atoms with Crippen molar-refractivity contribution in [3.05, 3.63) is 46.3 Å². The lowest BCUT2D eigenvalue weighted by atomic mass is 9.75. The molecule has 1 unspecified atom stereocenters. The number of hydrogen-bond donors (Lipinski definition) is 2. The Labute approximate surface area is 253 Å². The number of nitrogens with two attached hydrogens (primary N) is 1. The molecule has 2 aliphatic carbocycles. The van der Waals surface area contributed by atoms with Crippen LogP contribution < -0.4 is 11.1 Å². The Bertz CT molecular complexity index is 1500. The SMILES string of the molecule is CCOC(=O)c1c(C(F)(F)F)c2c(n1-c1ccc(C(N)=O)c(NC3C[C@@H]4CN(C(=O)OCC)C[C@@H]4C3)c1)CC(C)(C)CC2=O. The number of fused-ring (bicyclic) bond motifs is 2. The monoisotopic (exact) mass is 618 g/mol. The van der Waals surface area contributed by atoms with E-state index in [1.807, 2.05) is 0 Å². The molecule has 3 N–H and O–H groups in total. The smallest absolute Gasteiger partial charge is 0.419 e. The van der Waals surface area contributed by atoms with Gasteiger partial charge >= 0.3 is 18.2 Å². The third-order valence-corrected chi connectivity index (χ3v) is 8.75. The molecule has 0 radical (unpaired) electrons. The molecule has 1 aliphatic heterocycles. The number of nitrogens with zero attached hydrogens (tertiary/aromatic N) is 2. The van der Waals surface area contributed by atoms with Crippen molar-refractivity contribution in [2.24, 2.45) is 23.0 Å². The molecule has 0 bridgehead atoms. The van der Waals surface area contributed by atoms with Crippen molar-refractivity contribution < 1.29 is 41.8 Å². The Morgan fingerprint density at radius 3 is 2.25 bits per heavy atom. The van der Waals surface area contributed by atoms with Crippen LogP contribution in [-0.2, 0) is 22.1 Å². The summed E-state index contributed by atoms with van der Waals surface area (Å²) in [6, 6.07) is 4.22. The zero-order valence-corrected chi connectivity index (χ0v) is 25.2. The fourth-order valence-electron chi connectivity index (χ4n) is 7.09. The number of nitrogens with one attached hydrogen (secondary N) is 1. The van der Waals surface area contributed by atoms with Crippen molar-refractivity contribution in [1.29, 1.82) is 0 Å². The van der Waals surface area contributed by atoms with Gasteiger partial charge in [0.25, 0.3) is 5.91 Å². The molecule has 10 nitrogen and oxygen atoms in total. The Hall–Kier alpha value is -4.03. The molecule has 3 aliphatic rings. The third-order valence-electron chi connectivity index (χ3n) is 8.75. The van der Waals surface area contributed by atoms with Crippen LogP contribution in [0, 0.1) is 17.3 Å². The second-order valence-corrected chi connectivity index (χ2v) is 12.6. The van der Waals surface area contributed by atoms with Crippen molar-refractivity contribution in [2.75, 3.05) is 31.6 Å². The number of ether oxygens (including phenoxy) is 2. The first-order chi connectivity index (χ1) is 20.6. The average molecular weight is 619 g/mol. The minimum atomic E-state index is -5.01. The van der Waals surface area contributed by atoms with Gasteiger partial charge in [0, 0.05) is 42.6 Å². The molecule has 2 heterocycles. The summed E-state index contributed by atoms with van der Waals surface area (Å²) in [7, 11) is 0. The number of carbonyl (C=O) groups excluding carboxylic acids is 4. The Kier molecular flexibility index (Phi) is 8.19. The van der Waals surface area contributed by atoms with Crippen LogP contribution in [0.2, 0.25) is 0 Å². The molecule has 0 spiro atoms. The van der Waals surface area contributed by atoms with Crippen molar-refractivity contribution in [1.82, 2.24) is 9.47 Å². The number of alkyl halides is 3. The first kappa shape index (κ1) is 31.4. The van der Waals surface area contributed by atoms with E-state index in [1.165, 1.54) is 25.1 Å². The van der Waals surface area contributed by atoms with Gasteiger partial charge < -0.3 is 30.0 Å². The second-order valence-electron chi connectivity index (χ2n) is 12.6. The maximum Gasteiger partial charge on any atom is 0.419 e. The molecule has 2 aromatic rings. The molecule has 2 amide bonds. The van der Waals surface area contributed by atoms with E-state index in [1.54, 1.807) is 25.7 Å². The minimum absolute atomic E-state index is 0.0638. The summed E-state index contributed by atoms with van der Waals surface area (Å²) in [4.78, 5) is 52.7. The van der Waals surface area contributed by atoms with E-state index in [-0.39, 0.29) is 60.4 Å². The average Bonchev–Trinajstić information content (AvgIpc) is 3.58. The van der Waals surface area contributed by atoms with Gasteiger partial charge in [-0.1, -0.05) is 13.8 Å². The lowest BCUT2D eigenvalue weighted by molar-refractivity contribution is -0.138. The number of likely N-dealkylation sites (tertiary alicyclic amines) is 1. The highest BCUT2D eigenvalue weighted by atomic mass is 19.4. The standard InChI is InChI=1S/C31H37F3N4O6/c1-5-43-28(41)26-25(31(32,33)34)24-22(12-30(3,4)13-23(24)39)38(26)19-7-8-20(27(35)40)21(11-19)36-18-9-16-14-37(15-17(16)10-18)29(42)44-6-2/h7-8,11,16-18,36H,5-6,9-10,12-15H2,1-4H3,(H2,35,40)/t16-,17+,18?. The number of Topliss-reactive ketones (excluding diaryl/α,β-unsaturated/α-hetero) is 1. The fraction of sp³-hybridized carbons (Fsp3) is 0.548. The highest BCUT2D eigenvalue weighted by Crippen LogP contribution is 2.46. The van der Waals surface area contributed by atoms with Crippen LogP contribution in [0.4, 0.5) is 23.7 Å². The van der Waals surface area contributed by atoms with Gasteiger partial charge in [0.05, 0.1) is 29.9 Å². The van der Waals surface area contributed by atoms with Crippen LogP contribution in [0.25, 0.3) is 5.69 Å². The Morgan fingerprint density at radius 1 is 1.05 bits per heavy atom. The highest BCUT2D eigenvalue weighted by molar-refractivity contribution is 6.05. The van der Waals surface area contributed by atoms with Crippen molar-refractivity contribution in [3.63, 3.8) is 0 Å². The summed E-state index contributed by atoms with van der Waals surface area (Å²) in [6.45, 7) is 8.02. The number of aromatic nitrogens is 1. The molecule has 1 aromatic heterocycles. The Morgan fingerprint density at radius 2 is 1.68 bits per heavy atom. The van der Waals surface area contributed by atoms with Gasteiger partial charge in [0.2, 0.25) is 0 Å². The number of hydrogen-bond acceptors (Lipinski definition) is 7. The van der Waals surface area contributed by atoms with Crippen LogP contribution >= 0.6 is 0 Å². The lowest BCUT2D eigenvalue weighted by Gasteiger charge is -2.30. The molecule has 1 saturated heterocycles. The van der Waals surface area contributed by atoms with Crippen LogP contribution in [0.1, 0.15) is 89.4 Å². The largest absolute Gasteiger partial charge is 0.461 e. The summed E-state index contributed by atoms with van der Waals surface area (Å²) in [5.74, 6) is -2.21. The van der Waals surface area contributed by atoms with Crippen LogP contribution in [0.5, 0.6) is 0 Å². The number of ketones is 1. The van der Waals surface area contributed by atoms with Gasteiger partial charge in [-0.2, -0.15) is 13.2 Å². The molecule has 1 saturated carbocycles. The second kappa shape index (κ2) is 11.5. The Balaban J connectivity index is 1.57. The van der Waals surface area contributed by atoms with E-state index in [9.17, 15) is 32.3 Å².